The van der Waals surface area contributed by atoms with E-state index >= 15 is 0 Å². The van der Waals surface area contributed by atoms with Crippen molar-refractivity contribution in [2.24, 2.45) is 0 Å². The van der Waals surface area contributed by atoms with Crippen LogP contribution in [0, 0.1) is 0 Å². The summed E-state index contributed by atoms with van der Waals surface area (Å²) < 4.78 is 5.92. The predicted octanol–water partition coefficient (Wildman–Crippen LogP) is 3.04. The molecule has 13 heavy (non-hydrogen) atoms. The van der Waals surface area contributed by atoms with Gasteiger partial charge in [-0.25, -0.2) is 0 Å². The average molecular weight is 220 g/mol. The number of ether oxygens (including phenoxy) is 1. The molecule has 0 aromatic rings. The van der Waals surface area contributed by atoms with E-state index in [1.54, 1.807) is 0 Å². The third-order valence-corrected chi connectivity index (χ3v) is 4.24. The van der Waals surface area contributed by atoms with Gasteiger partial charge in [-0.05, 0) is 24.3 Å². The molecule has 78 valence electrons. The van der Waals surface area contributed by atoms with Gasteiger partial charge in [0.05, 0.1) is 12.2 Å². The van der Waals surface area contributed by atoms with E-state index in [1.165, 1.54) is 35.9 Å². The minimum absolute atomic E-state index is 0.549. The monoisotopic (exact) mass is 220 g/mol. The predicted molar refractivity (Wildman–Crippen MR) is 63.9 cm³/mol. The Balaban J connectivity index is 2.05. The van der Waals surface area contributed by atoms with Crippen molar-refractivity contribution in [1.82, 2.24) is 0 Å². The maximum atomic E-state index is 5.92. The fourth-order valence-electron chi connectivity index (χ4n) is 1.52. The zero-order chi connectivity index (χ0) is 9.52. The summed E-state index contributed by atoms with van der Waals surface area (Å²) in [5.41, 5.74) is 0. The highest BCUT2D eigenvalue weighted by atomic mass is 32.2. The summed E-state index contributed by atoms with van der Waals surface area (Å²) in [4.78, 5) is 0. The molecule has 1 rings (SSSR count). The second-order valence-corrected chi connectivity index (χ2v) is 5.91. The van der Waals surface area contributed by atoms with Crippen LogP contribution in [0.4, 0.5) is 0 Å². The van der Waals surface area contributed by atoms with Gasteiger partial charge in [0, 0.05) is 11.5 Å². The van der Waals surface area contributed by atoms with Crippen molar-refractivity contribution >= 4 is 23.5 Å². The van der Waals surface area contributed by atoms with E-state index in [2.05, 4.69) is 13.8 Å². The molecule has 0 bridgehead atoms. The summed E-state index contributed by atoms with van der Waals surface area (Å²) in [6.07, 6.45) is 3.66. The third-order valence-electron chi connectivity index (χ3n) is 2.21. The number of rotatable bonds is 6. The van der Waals surface area contributed by atoms with Gasteiger partial charge in [0.15, 0.2) is 0 Å². The van der Waals surface area contributed by atoms with Crippen molar-refractivity contribution in [3.63, 3.8) is 0 Å². The van der Waals surface area contributed by atoms with Crippen LogP contribution in [0.25, 0.3) is 0 Å². The molecule has 1 nitrogen and oxygen atoms in total. The molecule has 2 atom stereocenters. The molecule has 1 aliphatic heterocycles. The second-order valence-electron chi connectivity index (χ2n) is 3.28. The van der Waals surface area contributed by atoms with Crippen LogP contribution in [0.5, 0.6) is 0 Å². The number of thioether (sulfide) groups is 2. The van der Waals surface area contributed by atoms with Gasteiger partial charge in [-0.1, -0.05) is 13.8 Å². The molecule has 1 fully saturated rings. The first kappa shape index (κ1) is 11.7. The molecule has 0 aromatic heterocycles. The smallest absolute Gasteiger partial charge is 0.0670 e. The molecule has 1 saturated heterocycles. The molecular formula is C10H20OS2. The Morgan fingerprint density at radius 2 is 1.46 bits per heavy atom. The van der Waals surface area contributed by atoms with Crippen molar-refractivity contribution in [3.8, 4) is 0 Å². The van der Waals surface area contributed by atoms with E-state index in [0.717, 1.165) is 0 Å². The molecule has 0 radical (unpaired) electrons. The Labute approximate surface area is 90.4 Å². The van der Waals surface area contributed by atoms with E-state index in [-0.39, 0.29) is 0 Å². The van der Waals surface area contributed by atoms with Crippen molar-refractivity contribution in [2.45, 2.75) is 38.9 Å². The summed E-state index contributed by atoms with van der Waals surface area (Å²) in [7, 11) is 0. The van der Waals surface area contributed by atoms with Crippen LogP contribution in [0.15, 0.2) is 0 Å². The van der Waals surface area contributed by atoms with Crippen LogP contribution in [0.3, 0.4) is 0 Å². The Bertz CT molecular complexity index is 116. The Morgan fingerprint density at radius 1 is 1.00 bits per heavy atom. The van der Waals surface area contributed by atoms with Gasteiger partial charge in [0.2, 0.25) is 0 Å². The minimum Gasteiger partial charge on any atom is -0.373 e. The molecule has 0 N–H and O–H groups in total. The van der Waals surface area contributed by atoms with Crippen molar-refractivity contribution in [3.05, 3.63) is 0 Å². The average Bonchev–Trinajstić information content (AvgIpc) is 2.59. The van der Waals surface area contributed by atoms with E-state index in [9.17, 15) is 0 Å². The van der Waals surface area contributed by atoms with Crippen LogP contribution in [-0.2, 0) is 4.74 Å². The fraction of sp³-hybridized carbons (Fsp3) is 1.00. The first-order chi connectivity index (χ1) is 6.36. The summed E-state index contributed by atoms with van der Waals surface area (Å²) in [6.45, 7) is 4.42. The molecule has 0 spiro atoms. The third kappa shape index (κ3) is 4.61. The molecule has 0 unspecified atom stereocenters. The molecule has 0 aromatic carbocycles. The Kier molecular flexibility index (Phi) is 6.33. The van der Waals surface area contributed by atoms with Crippen molar-refractivity contribution in [1.29, 1.82) is 0 Å². The van der Waals surface area contributed by atoms with Gasteiger partial charge in [-0.2, -0.15) is 23.5 Å². The van der Waals surface area contributed by atoms with Gasteiger partial charge >= 0.3 is 0 Å². The minimum atomic E-state index is 0.549. The molecule has 1 aliphatic rings. The van der Waals surface area contributed by atoms with Crippen LogP contribution in [0.2, 0.25) is 0 Å². The second kappa shape index (κ2) is 7.02. The van der Waals surface area contributed by atoms with E-state index in [4.69, 9.17) is 4.74 Å². The largest absolute Gasteiger partial charge is 0.373 e. The lowest BCUT2D eigenvalue weighted by Gasteiger charge is -2.12. The maximum Gasteiger partial charge on any atom is 0.0670 e. The van der Waals surface area contributed by atoms with Gasteiger partial charge in [-0.15, -0.1) is 0 Å². The SMILES string of the molecule is CCSC[C@H]1CC[C@@H](CSCC)O1. The molecule has 0 aliphatic carbocycles. The molecular weight excluding hydrogens is 200 g/mol. The topological polar surface area (TPSA) is 9.23 Å². The van der Waals surface area contributed by atoms with Crippen LogP contribution in [0.1, 0.15) is 26.7 Å². The lowest BCUT2D eigenvalue weighted by atomic mass is 10.2. The summed E-state index contributed by atoms with van der Waals surface area (Å²) >= 11 is 4.00. The molecule has 1 heterocycles. The van der Waals surface area contributed by atoms with E-state index in [1.807, 2.05) is 23.5 Å². The van der Waals surface area contributed by atoms with Gasteiger partial charge in [0.25, 0.3) is 0 Å². The van der Waals surface area contributed by atoms with Gasteiger partial charge < -0.3 is 4.74 Å². The first-order valence-electron chi connectivity index (χ1n) is 5.17. The lowest BCUT2D eigenvalue weighted by Crippen LogP contribution is -2.15. The molecule has 0 saturated carbocycles. The van der Waals surface area contributed by atoms with Crippen LogP contribution >= 0.6 is 23.5 Å². The van der Waals surface area contributed by atoms with Crippen molar-refractivity contribution in [2.75, 3.05) is 23.0 Å². The van der Waals surface area contributed by atoms with Crippen LogP contribution in [-0.4, -0.2) is 35.2 Å². The lowest BCUT2D eigenvalue weighted by molar-refractivity contribution is 0.0727. The highest BCUT2D eigenvalue weighted by molar-refractivity contribution is 7.99. The maximum absolute atomic E-state index is 5.92. The quantitative estimate of drug-likeness (QED) is 0.681. The highest BCUT2D eigenvalue weighted by Crippen LogP contribution is 2.24. The Hall–Kier alpha value is 0.660. The van der Waals surface area contributed by atoms with Gasteiger partial charge in [0.1, 0.15) is 0 Å². The normalized spacial score (nSPS) is 28.2. The van der Waals surface area contributed by atoms with Gasteiger partial charge in [-0.3, -0.25) is 0 Å². The zero-order valence-electron chi connectivity index (χ0n) is 8.62. The number of hydrogen-bond acceptors (Lipinski definition) is 3. The summed E-state index contributed by atoms with van der Waals surface area (Å²) in [5, 5.41) is 0. The standard InChI is InChI=1S/C10H20OS2/c1-3-12-7-9-5-6-10(11-9)8-13-4-2/h9-10H,3-8H2,1-2H3/t9-,10+. The number of hydrogen-bond donors (Lipinski definition) is 0. The summed E-state index contributed by atoms with van der Waals surface area (Å²) in [6, 6.07) is 0. The molecule has 3 heteroatoms. The summed E-state index contributed by atoms with van der Waals surface area (Å²) in [5.74, 6) is 4.83. The van der Waals surface area contributed by atoms with E-state index < -0.39 is 0 Å². The zero-order valence-corrected chi connectivity index (χ0v) is 10.3. The first-order valence-corrected chi connectivity index (χ1v) is 7.48. The van der Waals surface area contributed by atoms with Crippen LogP contribution < -0.4 is 0 Å². The van der Waals surface area contributed by atoms with Crippen molar-refractivity contribution < 1.29 is 4.74 Å². The van der Waals surface area contributed by atoms with E-state index in [0.29, 0.717) is 12.2 Å². The fourth-order valence-corrected chi connectivity index (χ4v) is 3.01. The highest BCUT2D eigenvalue weighted by Gasteiger charge is 2.24. The molecule has 0 amide bonds. The Morgan fingerprint density at radius 3 is 1.85 bits per heavy atom.